The van der Waals surface area contributed by atoms with Crippen molar-refractivity contribution in [2.24, 2.45) is 0 Å². The number of nitrogens with zero attached hydrogens (tertiary/aromatic N) is 1. The second-order valence-electron chi connectivity index (χ2n) is 3.12. The van der Waals surface area contributed by atoms with Crippen molar-refractivity contribution in [1.82, 2.24) is 9.88 Å². The molecule has 0 aliphatic carbocycles. The molecule has 0 unspecified atom stereocenters. The number of ketones is 1. The first-order valence-corrected chi connectivity index (χ1v) is 4.51. The van der Waals surface area contributed by atoms with Gasteiger partial charge in [-0.05, 0) is 13.0 Å². The van der Waals surface area contributed by atoms with Gasteiger partial charge in [0.05, 0.1) is 0 Å². The average Bonchev–Trinajstić information content (AvgIpc) is 2.62. The lowest BCUT2D eigenvalue weighted by Crippen LogP contribution is -2.19. The first-order valence-electron chi connectivity index (χ1n) is 4.51. The van der Waals surface area contributed by atoms with E-state index in [0.29, 0.717) is 18.5 Å². The number of aryl methyl sites for hydroxylation is 1. The summed E-state index contributed by atoms with van der Waals surface area (Å²) < 4.78 is 1.84. The summed E-state index contributed by atoms with van der Waals surface area (Å²) in [4.78, 5) is 21.9. The predicted molar refractivity (Wildman–Crippen MR) is 53.1 cm³/mol. The van der Waals surface area contributed by atoms with Gasteiger partial charge in [-0.3, -0.25) is 9.59 Å². The van der Waals surface area contributed by atoms with Crippen LogP contribution in [-0.2, 0) is 11.3 Å². The Bertz CT molecular complexity index is 342. The molecule has 0 aliphatic rings. The standard InChI is InChI=1S/C10H14N2O2/c1-8(13)9-3-5-12(7-9)6-4-10(14)11-2/h3,5,7H,4,6H2,1-2H3,(H,11,14). The average molecular weight is 194 g/mol. The first kappa shape index (κ1) is 10.5. The van der Waals surface area contributed by atoms with Crippen molar-refractivity contribution in [2.75, 3.05) is 7.05 Å². The number of aromatic nitrogens is 1. The molecule has 0 aliphatic heterocycles. The van der Waals surface area contributed by atoms with Crippen LogP contribution in [0.25, 0.3) is 0 Å². The zero-order valence-corrected chi connectivity index (χ0v) is 8.41. The molecule has 0 spiro atoms. The van der Waals surface area contributed by atoms with Crippen LogP contribution in [0.2, 0.25) is 0 Å². The second-order valence-corrected chi connectivity index (χ2v) is 3.12. The normalized spacial score (nSPS) is 9.86. The lowest BCUT2D eigenvalue weighted by Gasteiger charge is -2.01. The van der Waals surface area contributed by atoms with Gasteiger partial charge in [-0.15, -0.1) is 0 Å². The molecule has 1 heterocycles. The third-order valence-corrected chi connectivity index (χ3v) is 2.03. The molecule has 0 bridgehead atoms. The zero-order chi connectivity index (χ0) is 10.6. The van der Waals surface area contributed by atoms with E-state index < -0.39 is 0 Å². The van der Waals surface area contributed by atoms with Crippen molar-refractivity contribution in [3.05, 3.63) is 24.0 Å². The van der Waals surface area contributed by atoms with E-state index in [1.165, 1.54) is 6.92 Å². The van der Waals surface area contributed by atoms with Gasteiger partial charge in [0.25, 0.3) is 0 Å². The van der Waals surface area contributed by atoms with Crippen molar-refractivity contribution >= 4 is 11.7 Å². The summed E-state index contributed by atoms with van der Waals surface area (Å²) in [5.41, 5.74) is 0.682. The molecule has 1 amide bonds. The largest absolute Gasteiger partial charge is 0.359 e. The lowest BCUT2D eigenvalue weighted by atomic mass is 10.2. The Morgan fingerprint density at radius 3 is 2.71 bits per heavy atom. The minimum Gasteiger partial charge on any atom is -0.359 e. The fourth-order valence-corrected chi connectivity index (χ4v) is 1.14. The van der Waals surface area contributed by atoms with Gasteiger partial charge in [0.2, 0.25) is 5.91 Å². The minimum atomic E-state index is 0.00285. The van der Waals surface area contributed by atoms with E-state index in [9.17, 15) is 9.59 Å². The Morgan fingerprint density at radius 2 is 2.21 bits per heavy atom. The SMILES string of the molecule is CNC(=O)CCn1ccc(C(C)=O)c1. The number of carbonyl (C=O) groups excluding carboxylic acids is 2. The summed E-state index contributed by atoms with van der Waals surface area (Å²) in [6.45, 7) is 2.13. The van der Waals surface area contributed by atoms with Gasteiger partial charge in [-0.1, -0.05) is 0 Å². The Morgan fingerprint density at radius 1 is 1.50 bits per heavy atom. The molecular formula is C10H14N2O2. The maximum Gasteiger partial charge on any atom is 0.221 e. The van der Waals surface area contributed by atoms with Gasteiger partial charge in [0.1, 0.15) is 0 Å². The highest BCUT2D eigenvalue weighted by Crippen LogP contribution is 2.02. The molecule has 1 N–H and O–H groups in total. The zero-order valence-electron chi connectivity index (χ0n) is 8.41. The van der Waals surface area contributed by atoms with E-state index in [-0.39, 0.29) is 11.7 Å². The predicted octanol–water partition coefficient (Wildman–Crippen LogP) is 0.827. The topological polar surface area (TPSA) is 51.1 Å². The molecule has 0 fully saturated rings. The van der Waals surface area contributed by atoms with Gasteiger partial charge >= 0.3 is 0 Å². The molecule has 0 radical (unpaired) electrons. The van der Waals surface area contributed by atoms with Crippen LogP contribution in [0.5, 0.6) is 0 Å². The fraction of sp³-hybridized carbons (Fsp3) is 0.400. The molecule has 1 aromatic heterocycles. The molecule has 4 nitrogen and oxygen atoms in total. The van der Waals surface area contributed by atoms with E-state index in [1.54, 1.807) is 25.5 Å². The van der Waals surface area contributed by atoms with Crippen LogP contribution in [0.15, 0.2) is 18.5 Å². The molecule has 0 saturated heterocycles. The first-order chi connectivity index (χ1) is 6.63. The summed E-state index contributed by atoms with van der Waals surface area (Å²) >= 11 is 0. The van der Waals surface area contributed by atoms with Crippen molar-refractivity contribution < 1.29 is 9.59 Å². The van der Waals surface area contributed by atoms with E-state index in [4.69, 9.17) is 0 Å². The summed E-state index contributed by atoms with van der Waals surface area (Å²) in [6.07, 6.45) is 3.99. The van der Waals surface area contributed by atoms with Gasteiger partial charge in [-0.2, -0.15) is 0 Å². The highest BCUT2D eigenvalue weighted by Gasteiger charge is 2.02. The Labute approximate surface area is 82.9 Å². The van der Waals surface area contributed by atoms with Crippen LogP contribution in [0, 0.1) is 0 Å². The maximum absolute atomic E-state index is 11.0. The molecule has 14 heavy (non-hydrogen) atoms. The van der Waals surface area contributed by atoms with Crippen LogP contribution in [0.3, 0.4) is 0 Å². The minimum absolute atomic E-state index is 0.00285. The van der Waals surface area contributed by atoms with E-state index in [0.717, 1.165) is 0 Å². The fourth-order valence-electron chi connectivity index (χ4n) is 1.14. The number of hydrogen-bond donors (Lipinski definition) is 1. The van der Waals surface area contributed by atoms with Crippen LogP contribution < -0.4 is 5.32 Å². The van der Waals surface area contributed by atoms with Crippen LogP contribution >= 0.6 is 0 Å². The number of hydrogen-bond acceptors (Lipinski definition) is 2. The molecule has 4 heteroatoms. The Hall–Kier alpha value is -1.58. The lowest BCUT2D eigenvalue weighted by molar-refractivity contribution is -0.120. The Balaban J connectivity index is 2.52. The molecule has 0 aromatic carbocycles. The summed E-state index contributed by atoms with van der Waals surface area (Å²) in [6, 6.07) is 1.76. The van der Waals surface area contributed by atoms with Gasteiger partial charge in [0.15, 0.2) is 5.78 Å². The third-order valence-electron chi connectivity index (χ3n) is 2.03. The number of nitrogens with one attached hydrogen (secondary N) is 1. The molecule has 0 saturated carbocycles. The summed E-state index contributed by atoms with van der Waals surface area (Å²) in [5, 5.41) is 2.55. The number of carbonyl (C=O) groups is 2. The van der Waals surface area contributed by atoms with Crippen LogP contribution in [0.4, 0.5) is 0 Å². The molecule has 0 atom stereocenters. The highest BCUT2D eigenvalue weighted by atomic mass is 16.1. The van der Waals surface area contributed by atoms with Crippen molar-refractivity contribution in [2.45, 2.75) is 19.9 Å². The van der Waals surface area contributed by atoms with Crippen LogP contribution in [0.1, 0.15) is 23.7 Å². The smallest absolute Gasteiger partial charge is 0.221 e. The number of Topliss-reactive ketones (excluding diaryl/α,β-unsaturated/α-hetero) is 1. The van der Waals surface area contributed by atoms with Gasteiger partial charge < -0.3 is 9.88 Å². The quantitative estimate of drug-likeness (QED) is 0.722. The molecule has 1 aromatic rings. The summed E-state index contributed by atoms with van der Waals surface area (Å²) in [5.74, 6) is 0.0479. The highest BCUT2D eigenvalue weighted by molar-refractivity contribution is 5.93. The molecule has 76 valence electrons. The van der Waals surface area contributed by atoms with Crippen molar-refractivity contribution in [3.63, 3.8) is 0 Å². The Kier molecular flexibility index (Phi) is 3.45. The monoisotopic (exact) mass is 194 g/mol. The molecular weight excluding hydrogens is 180 g/mol. The van der Waals surface area contributed by atoms with Crippen molar-refractivity contribution in [3.8, 4) is 0 Å². The van der Waals surface area contributed by atoms with E-state index in [2.05, 4.69) is 5.32 Å². The van der Waals surface area contributed by atoms with E-state index >= 15 is 0 Å². The molecule has 1 rings (SSSR count). The van der Waals surface area contributed by atoms with Gasteiger partial charge in [0, 0.05) is 38.0 Å². The van der Waals surface area contributed by atoms with Gasteiger partial charge in [-0.25, -0.2) is 0 Å². The van der Waals surface area contributed by atoms with Crippen LogP contribution in [-0.4, -0.2) is 23.3 Å². The van der Waals surface area contributed by atoms with E-state index in [1.807, 2.05) is 4.57 Å². The maximum atomic E-state index is 11.0. The van der Waals surface area contributed by atoms with Crippen molar-refractivity contribution in [1.29, 1.82) is 0 Å². The number of rotatable bonds is 4. The third kappa shape index (κ3) is 2.73. The number of amides is 1. The summed E-state index contributed by atoms with van der Waals surface area (Å²) in [7, 11) is 1.61. The second kappa shape index (κ2) is 4.60.